The maximum absolute atomic E-state index is 4.24. The van der Waals surface area contributed by atoms with Crippen LogP contribution in [0.1, 0.15) is 30.9 Å². The number of hydrogen-bond acceptors (Lipinski definition) is 2. The van der Waals surface area contributed by atoms with Crippen LogP contribution in [0.25, 0.3) is 0 Å². The van der Waals surface area contributed by atoms with Gasteiger partial charge in [0.05, 0.1) is 0 Å². The molecule has 1 rings (SSSR count). The summed E-state index contributed by atoms with van der Waals surface area (Å²) in [6.07, 6.45) is 4.48. The second-order valence-corrected chi connectivity index (χ2v) is 5.37. The third-order valence-electron chi connectivity index (χ3n) is 2.94. The van der Waals surface area contributed by atoms with Gasteiger partial charge in [0.25, 0.3) is 0 Å². The Labute approximate surface area is 121 Å². The molecule has 0 fully saturated rings. The summed E-state index contributed by atoms with van der Waals surface area (Å²) in [4.78, 5) is 5.57. The minimum Gasteiger partial charge on any atom is -0.356 e. The molecule has 2 N–H and O–H groups in total. The minimum atomic E-state index is 0.808. The molecule has 0 spiro atoms. The molecule has 19 heavy (non-hydrogen) atoms. The molecule has 0 aliphatic carbocycles. The zero-order chi connectivity index (χ0) is 14.1. The minimum absolute atomic E-state index is 0.808. The third-order valence-corrected chi connectivity index (χ3v) is 3.76. The van der Waals surface area contributed by atoms with Crippen molar-refractivity contribution in [2.45, 2.75) is 38.1 Å². The lowest BCUT2D eigenvalue weighted by Crippen LogP contribution is -2.37. The number of benzene rings is 1. The molecule has 0 radical (unpaired) electrons. The summed E-state index contributed by atoms with van der Waals surface area (Å²) in [5, 5.41) is 6.69. The molecular formula is C15H25N3S. The van der Waals surface area contributed by atoms with E-state index in [2.05, 4.69) is 53.9 Å². The van der Waals surface area contributed by atoms with Gasteiger partial charge in [-0.2, -0.15) is 0 Å². The summed E-state index contributed by atoms with van der Waals surface area (Å²) in [7, 11) is 1.81. The van der Waals surface area contributed by atoms with Crippen molar-refractivity contribution >= 4 is 17.7 Å². The van der Waals surface area contributed by atoms with Crippen LogP contribution in [0.5, 0.6) is 0 Å². The number of nitrogens with zero attached hydrogens (tertiary/aromatic N) is 1. The van der Waals surface area contributed by atoms with Gasteiger partial charge in [-0.25, -0.2) is 0 Å². The second kappa shape index (κ2) is 8.86. The summed E-state index contributed by atoms with van der Waals surface area (Å²) in [5.41, 5.74) is 2.62. The Hall–Kier alpha value is -1.16. The Kier molecular flexibility index (Phi) is 7.41. The van der Waals surface area contributed by atoms with Crippen molar-refractivity contribution in [3.8, 4) is 0 Å². The highest BCUT2D eigenvalue weighted by Gasteiger charge is 2.03. The van der Waals surface area contributed by atoms with E-state index in [1.807, 2.05) is 7.05 Å². The molecule has 1 aromatic rings. The molecule has 0 bridgehead atoms. The Morgan fingerprint density at radius 1 is 1.32 bits per heavy atom. The average Bonchev–Trinajstić information content (AvgIpc) is 2.43. The largest absolute Gasteiger partial charge is 0.356 e. The number of nitrogens with one attached hydrogen (secondary N) is 2. The Bertz CT molecular complexity index is 416. The lowest BCUT2D eigenvalue weighted by atomic mass is 10.1. The maximum atomic E-state index is 4.24. The molecule has 1 aromatic carbocycles. The van der Waals surface area contributed by atoms with Gasteiger partial charge in [0, 0.05) is 25.0 Å². The highest BCUT2D eigenvalue weighted by atomic mass is 32.2. The summed E-state index contributed by atoms with van der Waals surface area (Å²) >= 11 is 1.79. The molecule has 4 heteroatoms. The molecular weight excluding hydrogens is 254 g/mol. The van der Waals surface area contributed by atoms with Gasteiger partial charge in [0.2, 0.25) is 0 Å². The number of guanidine groups is 1. The van der Waals surface area contributed by atoms with Crippen molar-refractivity contribution in [1.29, 1.82) is 0 Å². The predicted molar refractivity (Wildman–Crippen MR) is 86.1 cm³/mol. The Morgan fingerprint density at radius 2 is 2.11 bits per heavy atom. The molecule has 0 atom stereocenters. The summed E-state index contributed by atoms with van der Waals surface area (Å²) in [6.45, 7) is 6.10. The van der Waals surface area contributed by atoms with Crippen molar-refractivity contribution in [3.63, 3.8) is 0 Å². The highest BCUT2D eigenvalue weighted by Crippen LogP contribution is 2.21. The normalized spacial score (nSPS) is 11.5. The highest BCUT2D eigenvalue weighted by molar-refractivity contribution is 7.98. The molecule has 0 saturated heterocycles. The maximum Gasteiger partial charge on any atom is 0.191 e. The molecule has 0 aliphatic rings. The standard InChI is InChI=1S/C15H25N3S/c1-5-6-9-17-15(16-3)18-11-13-8-7-12(2)10-14(13)19-4/h7-8,10H,5-6,9,11H2,1-4H3,(H2,16,17,18). The summed E-state index contributed by atoms with van der Waals surface area (Å²) in [5.74, 6) is 0.876. The van der Waals surface area contributed by atoms with Crippen LogP contribution in [0.4, 0.5) is 0 Å². The van der Waals surface area contributed by atoms with Crippen molar-refractivity contribution in [2.24, 2.45) is 4.99 Å². The van der Waals surface area contributed by atoms with E-state index in [0.717, 1.165) is 19.0 Å². The van der Waals surface area contributed by atoms with Crippen LogP contribution >= 0.6 is 11.8 Å². The van der Waals surface area contributed by atoms with Crippen LogP contribution in [0.3, 0.4) is 0 Å². The number of aryl methyl sites for hydroxylation is 1. The molecule has 0 aliphatic heterocycles. The summed E-state index contributed by atoms with van der Waals surface area (Å²) < 4.78 is 0. The van der Waals surface area contributed by atoms with Crippen LogP contribution in [-0.2, 0) is 6.54 Å². The Balaban J connectivity index is 2.55. The van der Waals surface area contributed by atoms with Gasteiger partial charge in [0.15, 0.2) is 5.96 Å². The van der Waals surface area contributed by atoms with Crippen molar-refractivity contribution in [1.82, 2.24) is 10.6 Å². The van der Waals surface area contributed by atoms with Gasteiger partial charge in [0.1, 0.15) is 0 Å². The van der Waals surface area contributed by atoms with Crippen LogP contribution in [0.15, 0.2) is 28.1 Å². The fraction of sp³-hybridized carbons (Fsp3) is 0.533. The number of thioether (sulfide) groups is 1. The van der Waals surface area contributed by atoms with Crippen molar-refractivity contribution in [2.75, 3.05) is 19.8 Å². The average molecular weight is 279 g/mol. The predicted octanol–water partition coefficient (Wildman–Crippen LogP) is 3.18. The molecule has 0 aromatic heterocycles. The van der Waals surface area contributed by atoms with E-state index in [-0.39, 0.29) is 0 Å². The van der Waals surface area contributed by atoms with E-state index in [0.29, 0.717) is 0 Å². The van der Waals surface area contributed by atoms with E-state index in [4.69, 9.17) is 0 Å². The van der Waals surface area contributed by atoms with Gasteiger partial charge in [-0.1, -0.05) is 25.5 Å². The van der Waals surface area contributed by atoms with Gasteiger partial charge < -0.3 is 10.6 Å². The second-order valence-electron chi connectivity index (χ2n) is 4.52. The molecule has 0 heterocycles. The topological polar surface area (TPSA) is 36.4 Å². The van der Waals surface area contributed by atoms with E-state index in [1.165, 1.54) is 28.9 Å². The van der Waals surface area contributed by atoms with Crippen LogP contribution < -0.4 is 10.6 Å². The monoisotopic (exact) mass is 279 g/mol. The molecule has 3 nitrogen and oxygen atoms in total. The first-order chi connectivity index (χ1) is 9.21. The molecule has 0 unspecified atom stereocenters. The smallest absolute Gasteiger partial charge is 0.191 e. The van der Waals surface area contributed by atoms with E-state index in [9.17, 15) is 0 Å². The number of rotatable bonds is 6. The van der Waals surface area contributed by atoms with Crippen LogP contribution in [0.2, 0.25) is 0 Å². The van der Waals surface area contributed by atoms with E-state index < -0.39 is 0 Å². The van der Waals surface area contributed by atoms with Crippen LogP contribution in [0, 0.1) is 6.92 Å². The van der Waals surface area contributed by atoms with E-state index in [1.54, 1.807) is 11.8 Å². The van der Waals surface area contributed by atoms with Gasteiger partial charge in [-0.05, 0) is 36.8 Å². The molecule has 0 amide bonds. The van der Waals surface area contributed by atoms with Crippen molar-refractivity contribution in [3.05, 3.63) is 29.3 Å². The fourth-order valence-corrected chi connectivity index (χ4v) is 2.49. The SMILES string of the molecule is CCCCNC(=NC)NCc1ccc(C)cc1SC. The van der Waals surface area contributed by atoms with Crippen molar-refractivity contribution < 1.29 is 0 Å². The first-order valence-electron chi connectivity index (χ1n) is 6.79. The first-order valence-corrected chi connectivity index (χ1v) is 8.01. The van der Waals surface area contributed by atoms with Gasteiger partial charge in [-0.3, -0.25) is 4.99 Å². The first kappa shape index (κ1) is 15.9. The molecule has 106 valence electrons. The number of hydrogen-bond donors (Lipinski definition) is 2. The fourth-order valence-electron chi connectivity index (χ4n) is 1.78. The quantitative estimate of drug-likeness (QED) is 0.363. The third kappa shape index (κ3) is 5.55. The van der Waals surface area contributed by atoms with Gasteiger partial charge in [-0.15, -0.1) is 11.8 Å². The number of aliphatic imine (C=N–C) groups is 1. The lowest BCUT2D eigenvalue weighted by Gasteiger charge is -2.13. The zero-order valence-electron chi connectivity index (χ0n) is 12.4. The number of unbranched alkanes of at least 4 members (excludes halogenated alkanes) is 1. The molecule has 0 saturated carbocycles. The summed E-state index contributed by atoms with van der Waals surface area (Å²) in [6, 6.07) is 6.58. The Morgan fingerprint density at radius 3 is 2.74 bits per heavy atom. The van der Waals surface area contributed by atoms with Crippen LogP contribution in [-0.4, -0.2) is 25.8 Å². The zero-order valence-corrected chi connectivity index (χ0v) is 13.2. The van der Waals surface area contributed by atoms with Gasteiger partial charge >= 0.3 is 0 Å². The lowest BCUT2D eigenvalue weighted by molar-refractivity contribution is 0.727. The van der Waals surface area contributed by atoms with E-state index >= 15 is 0 Å².